The Morgan fingerprint density at radius 2 is 1.33 bits per heavy atom. The number of carbonyl (C=O) groups excluding carboxylic acids is 1. The predicted octanol–water partition coefficient (Wildman–Crippen LogP) is 0.935. The van der Waals surface area contributed by atoms with E-state index >= 15 is 0 Å². The third-order valence-electron chi connectivity index (χ3n) is 4.40. The van der Waals surface area contributed by atoms with Crippen molar-refractivity contribution in [3.05, 3.63) is 12.7 Å². The van der Waals surface area contributed by atoms with Crippen molar-refractivity contribution in [3.63, 3.8) is 0 Å². The second-order valence-electron chi connectivity index (χ2n) is 6.72. The van der Waals surface area contributed by atoms with Gasteiger partial charge in [-0.3, -0.25) is 0 Å². The molecule has 0 heterocycles. The monoisotopic (exact) mass is 405 g/mol. The summed E-state index contributed by atoms with van der Waals surface area (Å²) >= 11 is 0. The van der Waals surface area contributed by atoms with Crippen molar-refractivity contribution in [1.82, 2.24) is 0 Å². The van der Waals surface area contributed by atoms with Crippen molar-refractivity contribution in [1.29, 1.82) is 0 Å². The molecule has 3 nitrogen and oxygen atoms in total. The summed E-state index contributed by atoms with van der Waals surface area (Å²) in [6.45, 7) is 8.22. The minimum atomic E-state index is -0.317. The van der Waals surface area contributed by atoms with Crippen LogP contribution in [0.15, 0.2) is 12.7 Å². The zero-order chi connectivity index (χ0) is 17.2. The summed E-state index contributed by atoms with van der Waals surface area (Å²) in [7, 11) is 2.17. The number of hydrogen-bond donors (Lipinski definition) is 1. The molecule has 0 rings (SSSR count). The second kappa shape index (κ2) is 20.7. The summed E-state index contributed by atoms with van der Waals surface area (Å²) in [4.78, 5) is 12.4. The molecule has 0 aliphatic heterocycles. The van der Waals surface area contributed by atoms with Crippen LogP contribution >= 0.6 is 0 Å². The number of likely N-dealkylation sites (N-methyl/N-ethyl adjacent to an activating group) is 1. The highest BCUT2D eigenvalue weighted by Crippen LogP contribution is 2.11. The molecule has 1 unspecified atom stereocenters. The van der Waals surface area contributed by atoms with Crippen LogP contribution < -0.4 is 21.9 Å². The summed E-state index contributed by atoms with van der Waals surface area (Å²) in [6.07, 6.45) is 17.9. The Morgan fingerprint density at radius 3 is 1.79 bits per heavy atom. The first-order valence-electron chi connectivity index (χ1n) is 9.81. The molecule has 0 fully saturated rings. The lowest BCUT2D eigenvalue weighted by Crippen LogP contribution is -3.09. The summed E-state index contributed by atoms with van der Waals surface area (Å²) in [5.74, 6) is -0.317. The average molecular weight is 406 g/mol. The minimum absolute atomic E-state index is 0. The third kappa shape index (κ3) is 19.7. The molecule has 0 aromatic carbocycles. The molecule has 0 aromatic rings. The highest BCUT2D eigenvalue weighted by molar-refractivity contribution is 5.81. The molecule has 144 valence electrons. The Bertz CT molecular complexity index is 285. The van der Waals surface area contributed by atoms with Crippen LogP contribution in [0.2, 0.25) is 0 Å². The van der Waals surface area contributed by atoms with E-state index < -0.39 is 0 Å². The van der Waals surface area contributed by atoms with E-state index in [4.69, 9.17) is 4.74 Å². The molecule has 0 aliphatic carbocycles. The molecule has 0 saturated carbocycles. The van der Waals surface area contributed by atoms with Crippen molar-refractivity contribution < 1.29 is 31.4 Å². The molecular weight excluding hydrogens is 366 g/mol. The van der Waals surface area contributed by atoms with Gasteiger partial charge in [0.2, 0.25) is 0 Å². The Morgan fingerprint density at radius 1 is 0.875 bits per heavy atom. The van der Waals surface area contributed by atoms with Crippen LogP contribution in [-0.2, 0) is 9.53 Å². The molecule has 0 amide bonds. The molecule has 0 spiro atoms. The van der Waals surface area contributed by atoms with Gasteiger partial charge in [0, 0.05) is 6.08 Å². The maximum Gasteiger partial charge on any atom is 0.330 e. The first kappa shape index (κ1) is 25.9. The van der Waals surface area contributed by atoms with Crippen molar-refractivity contribution >= 4 is 5.97 Å². The quantitative estimate of drug-likeness (QED) is 0.221. The lowest BCUT2D eigenvalue weighted by molar-refractivity contribution is -0.880. The van der Waals surface area contributed by atoms with Crippen molar-refractivity contribution in [3.8, 4) is 0 Å². The van der Waals surface area contributed by atoms with E-state index in [-0.39, 0.29) is 23.0 Å². The van der Waals surface area contributed by atoms with E-state index in [0.29, 0.717) is 6.61 Å². The van der Waals surface area contributed by atoms with Crippen molar-refractivity contribution in [2.75, 3.05) is 26.7 Å². The highest BCUT2D eigenvalue weighted by atomic mass is 79.9. The van der Waals surface area contributed by atoms with E-state index in [1.165, 1.54) is 94.6 Å². The Labute approximate surface area is 161 Å². The van der Waals surface area contributed by atoms with Gasteiger partial charge in [-0.1, -0.05) is 77.7 Å². The van der Waals surface area contributed by atoms with E-state index in [1.54, 1.807) is 0 Å². The summed E-state index contributed by atoms with van der Waals surface area (Å²) in [5, 5.41) is 0. The van der Waals surface area contributed by atoms with Gasteiger partial charge in [-0.05, 0) is 12.8 Å². The van der Waals surface area contributed by atoms with E-state index in [1.807, 2.05) is 0 Å². The zero-order valence-corrected chi connectivity index (χ0v) is 17.7. The van der Waals surface area contributed by atoms with Gasteiger partial charge < -0.3 is 26.6 Å². The highest BCUT2D eigenvalue weighted by Gasteiger charge is 2.03. The number of halogens is 1. The number of esters is 1. The normalized spacial score (nSPS) is 11.6. The van der Waals surface area contributed by atoms with Gasteiger partial charge in [-0.25, -0.2) is 4.79 Å². The van der Waals surface area contributed by atoms with E-state index in [0.717, 1.165) is 6.54 Å². The standard InChI is InChI=1S/C20H39NO2.BrH/c1-4-6-7-8-9-10-11-12-13-14-15-16-17-21(3)18-19-23-20(22)5-2;/h5H,2,4,6-19H2,1,3H3;1H. The van der Waals surface area contributed by atoms with Crippen LogP contribution in [0.5, 0.6) is 0 Å². The van der Waals surface area contributed by atoms with E-state index in [9.17, 15) is 4.79 Å². The SMILES string of the molecule is C=CC(=O)OCC[NH+](C)CCCCCCCCCCCCCC.[Br-]. The molecule has 0 aliphatic rings. The molecule has 1 atom stereocenters. The van der Waals surface area contributed by atoms with Crippen molar-refractivity contribution in [2.45, 2.75) is 84.0 Å². The average Bonchev–Trinajstić information content (AvgIpc) is 2.55. The Hall–Kier alpha value is -0.350. The van der Waals surface area contributed by atoms with Gasteiger partial charge >= 0.3 is 5.97 Å². The summed E-state index contributed by atoms with van der Waals surface area (Å²) in [6, 6.07) is 0. The molecule has 0 radical (unpaired) electrons. The molecule has 0 bridgehead atoms. The predicted molar refractivity (Wildman–Crippen MR) is 98.9 cm³/mol. The van der Waals surface area contributed by atoms with Gasteiger partial charge in [-0.2, -0.15) is 0 Å². The molecule has 1 N–H and O–H groups in total. The molecule has 4 heteroatoms. The Balaban J connectivity index is 0. The van der Waals surface area contributed by atoms with Gasteiger partial charge in [0.15, 0.2) is 0 Å². The summed E-state index contributed by atoms with van der Waals surface area (Å²) in [5.41, 5.74) is 0. The number of nitrogens with one attached hydrogen (secondary N) is 1. The van der Waals surface area contributed by atoms with Crippen LogP contribution in [0, 0.1) is 0 Å². The zero-order valence-electron chi connectivity index (χ0n) is 16.1. The molecule has 0 aromatic heterocycles. The first-order valence-corrected chi connectivity index (χ1v) is 9.81. The first-order chi connectivity index (χ1) is 11.2. The fraction of sp³-hybridized carbons (Fsp3) is 0.850. The number of carbonyl (C=O) groups is 1. The number of quaternary nitrogens is 1. The number of rotatable bonds is 17. The van der Waals surface area contributed by atoms with E-state index in [2.05, 4.69) is 20.6 Å². The maximum atomic E-state index is 10.9. The second-order valence-corrected chi connectivity index (χ2v) is 6.72. The fourth-order valence-corrected chi connectivity index (χ4v) is 2.78. The van der Waals surface area contributed by atoms with Crippen molar-refractivity contribution in [2.24, 2.45) is 0 Å². The summed E-state index contributed by atoms with van der Waals surface area (Å²) < 4.78 is 5.00. The number of hydrogen-bond acceptors (Lipinski definition) is 2. The smallest absolute Gasteiger partial charge is 0.330 e. The minimum Gasteiger partial charge on any atom is -1.00 e. The number of unbranched alkanes of at least 4 members (excludes halogenated alkanes) is 11. The molecular formula is C20H40BrNO2. The van der Waals surface area contributed by atoms with Crippen LogP contribution in [0.25, 0.3) is 0 Å². The van der Waals surface area contributed by atoms with Gasteiger partial charge in [0.05, 0.1) is 13.6 Å². The lowest BCUT2D eigenvalue weighted by Gasteiger charge is -2.13. The van der Waals surface area contributed by atoms with Gasteiger partial charge in [-0.15, -0.1) is 0 Å². The van der Waals surface area contributed by atoms with Gasteiger partial charge in [0.25, 0.3) is 0 Å². The van der Waals surface area contributed by atoms with Gasteiger partial charge in [0.1, 0.15) is 13.2 Å². The largest absolute Gasteiger partial charge is 1.00 e. The topological polar surface area (TPSA) is 30.7 Å². The van der Waals surface area contributed by atoms with Crippen LogP contribution in [0.1, 0.15) is 84.0 Å². The fourth-order valence-electron chi connectivity index (χ4n) is 2.78. The maximum absolute atomic E-state index is 10.9. The number of ether oxygens (including phenoxy) is 1. The van der Waals surface area contributed by atoms with Crippen LogP contribution in [-0.4, -0.2) is 32.7 Å². The lowest BCUT2D eigenvalue weighted by atomic mass is 10.1. The molecule has 24 heavy (non-hydrogen) atoms. The van der Waals surface area contributed by atoms with Crippen LogP contribution in [0.3, 0.4) is 0 Å². The van der Waals surface area contributed by atoms with Crippen LogP contribution in [0.4, 0.5) is 0 Å². The third-order valence-corrected chi connectivity index (χ3v) is 4.40. The Kier molecular flexibility index (Phi) is 22.3. The molecule has 0 saturated heterocycles.